The van der Waals surface area contributed by atoms with Gasteiger partial charge in [-0.2, -0.15) is 0 Å². The third kappa shape index (κ3) is 5.29. The Morgan fingerprint density at radius 3 is 2.64 bits per heavy atom. The molecule has 5 nitrogen and oxygen atoms in total. The van der Waals surface area contributed by atoms with Gasteiger partial charge < -0.3 is 10.4 Å². The first-order chi connectivity index (χ1) is 10.6. The van der Waals surface area contributed by atoms with Crippen LogP contribution in [0.1, 0.15) is 33.9 Å². The molecule has 2 N–H and O–H groups in total. The van der Waals surface area contributed by atoms with Crippen molar-refractivity contribution in [3.63, 3.8) is 0 Å². The molecule has 0 radical (unpaired) electrons. The largest absolute Gasteiger partial charge is 0.476 e. The Hall–Kier alpha value is -2.21. The molecule has 0 unspecified atom stereocenters. The van der Waals surface area contributed by atoms with Gasteiger partial charge in [-0.25, -0.2) is 9.78 Å². The molecule has 0 saturated heterocycles. The predicted molar refractivity (Wildman–Crippen MR) is 85.2 cm³/mol. The van der Waals surface area contributed by atoms with Crippen molar-refractivity contribution < 1.29 is 14.7 Å². The average Bonchev–Trinajstić information content (AvgIpc) is 2.97. The van der Waals surface area contributed by atoms with Crippen LogP contribution in [0.2, 0.25) is 0 Å². The molecule has 0 aliphatic heterocycles. The van der Waals surface area contributed by atoms with E-state index in [2.05, 4.69) is 22.4 Å². The van der Waals surface area contributed by atoms with Crippen LogP contribution in [0.15, 0.2) is 35.7 Å². The number of benzene rings is 1. The molecule has 0 saturated carbocycles. The number of aryl methyl sites for hydroxylation is 1. The highest BCUT2D eigenvalue weighted by Crippen LogP contribution is 2.10. The summed E-state index contributed by atoms with van der Waals surface area (Å²) >= 11 is 1.30. The van der Waals surface area contributed by atoms with E-state index in [1.165, 1.54) is 22.3 Å². The number of nitrogens with zero attached hydrogens (tertiary/aromatic N) is 1. The standard InChI is InChI=1S/C16H18N2O3S/c19-14(8-4-7-12-5-2-1-3-6-12)17-10-9-15-18-13(11-22-15)16(20)21/h1-3,5-6,11H,4,7-10H2,(H,17,19)(H,20,21). The molecule has 116 valence electrons. The summed E-state index contributed by atoms with van der Waals surface area (Å²) in [4.78, 5) is 26.4. The maximum absolute atomic E-state index is 11.7. The van der Waals surface area contributed by atoms with Gasteiger partial charge in [-0.1, -0.05) is 30.3 Å². The van der Waals surface area contributed by atoms with Gasteiger partial charge in [-0.05, 0) is 18.4 Å². The molecule has 0 aliphatic carbocycles. The monoisotopic (exact) mass is 318 g/mol. The summed E-state index contributed by atoms with van der Waals surface area (Å²) in [5.41, 5.74) is 1.30. The molecule has 6 heteroatoms. The van der Waals surface area contributed by atoms with Crippen molar-refractivity contribution in [3.05, 3.63) is 52.0 Å². The van der Waals surface area contributed by atoms with Crippen molar-refractivity contribution in [1.29, 1.82) is 0 Å². The lowest BCUT2D eigenvalue weighted by atomic mass is 10.1. The summed E-state index contributed by atoms with van der Waals surface area (Å²) in [6, 6.07) is 10.1. The Morgan fingerprint density at radius 1 is 1.18 bits per heavy atom. The zero-order valence-electron chi connectivity index (χ0n) is 12.1. The Kier molecular flexibility index (Phi) is 6.09. The number of thiazole rings is 1. The van der Waals surface area contributed by atoms with Gasteiger partial charge in [-0.15, -0.1) is 11.3 Å². The molecular formula is C16H18N2O3S. The van der Waals surface area contributed by atoms with Gasteiger partial charge in [0.2, 0.25) is 5.91 Å². The van der Waals surface area contributed by atoms with Crippen molar-refractivity contribution in [3.8, 4) is 0 Å². The minimum Gasteiger partial charge on any atom is -0.476 e. The maximum Gasteiger partial charge on any atom is 0.355 e. The van der Waals surface area contributed by atoms with E-state index in [1.54, 1.807) is 0 Å². The topological polar surface area (TPSA) is 79.3 Å². The van der Waals surface area contributed by atoms with Crippen LogP contribution < -0.4 is 5.32 Å². The number of carboxylic acids is 1. The number of aromatic carboxylic acids is 1. The van der Waals surface area contributed by atoms with Gasteiger partial charge in [-0.3, -0.25) is 4.79 Å². The SMILES string of the molecule is O=C(CCCc1ccccc1)NCCc1nc(C(=O)O)cs1. The zero-order chi connectivity index (χ0) is 15.8. The quantitative estimate of drug-likeness (QED) is 0.784. The highest BCUT2D eigenvalue weighted by atomic mass is 32.1. The number of carbonyl (C=O) groups is 2. The Labute approximate surface area is 133 Å². The molecule has 1 amide bonds. The van der Waals surface area contributed by atoms with Crippen molar-refractivity contribution >= 4 is 23.2 Å². The predicted octanol–water partition coefficient (Wildman–Crippen LogP) is 2.52. The lowest BCUT2D eigenvalue weighted by Crippen LogP contribution is -2.25. The van der Waals surface area contributed by atoms with Crippen LogP contribution in [0, 0.1) is 0 Å². The van der Waals surface area contributed by atoms with Crippen LogP contribution in [0.4, 0.5) is 0 Å². The molecule has 0 aliphatic rings. The van der Waals surface area contributed by atoms with Gasteiger partial charge in [0.25, 0.3) is 0 Å². The van der Waals surface area contributed by atoms with E-state index in [4.69, 9.17) is 5.11 Å². The second-order valence-electron chi connectivity index (χ2n) is 4.87. The molecule has 0 fully saturated rings. The van der Waals surface area contributed by atoms with E-state index in [-0.39, 0.29) is 11.6 Å². The summed E-state index contributed by atoms with van der Waals surface area (Å²) in [5, 5.41) is 13.9. The number of hydrogen-bond donors (Lipinski definition) is 2. The van der Waals surface area contributed by atoms with Crippen LogP contribution in [-0.4, -0.2) is 28.5 Å². The molecular weight excluding hydrogens is 300 g/mol. The molecule has 2 rings (SSSR count). The van der Waals surface area contributed by atoms with Crippen LogP contribution in [-0.2, 0) is 17.6 Å². The molecule has 0 spiro atoms. The molecule has 1 aromatic carbocycles. The maximum atomic E-state index is 11.7. The van der Waals surface area contributed by atoms with Gasteiger partial charge in [0.15, 0.2) is 5.69 Å². The lowest BCUT2D eigenvalue weighted by molar-refractivity contribution is -0.121. The summed E-state index contributed by atoms with van der Waals surface area (Å²) in [6.07, 6.45) is 2.76. The fourth-order valence-corrected chi connectivity index (χ4v) is 2.79. The number of carboxylic acid groups (broad SMARTS) is 1. The minimum atomic E-state index is -1.02. The first kappa shape index (κ1) is 16.2. The molecule has 0 atom stereocenters. The summed E-state index contributed by atoms with van der Waals surface area (Å²) in [7, 11) is 0. The number of aromatic nitrogens is 1. The third-order valence-corrected chi connectivity index (χ3v) is 4.05. The molecule has 0 bridgehead atoms. The smallest absolute Gasteiger partial charge is 0.355 e. The number of carbonyl (C=O) groups excluding carboxylic acids is 1. The molecule has 1 aromatic heterocycles. The fraction of sp³-hybridized carbons (Fsp3) is 0.312. The molecule has 1 heterocycles. The van der Waals surface area contributed by atoms with Crippen LogP contribution in [0.3, 0.4) is 0 Å². The third-order valence-electron chi connectivity index (χ3n) is 3.14. The Morgan fingerprint density at radius 2 is 1.95 bits per heavy atom. The van der Waals surface area contributed by atoms with E-state index >= 15 is 0 Å². The van der Waals surface area contributed by atoms with Crippen LogP contribution in [0.25, 0.3) is 0 Å². The van der Waals surface area contributed by atoms with Crippen molar-refractivity contribution in [2.75, 3.05) is 6.54 Å². The first-order valence-electron chi connectivity index (χ1n) is 7.13. The number of amides is 1. The highest BCUT2D eigenvalue weighted by Gasteiger charge is 2.08. The zero-order valence-corrected chi connectivity index (χ0v) is 12.9. The summed E-state index contributed by atoms with van der Waals surface area (Å²) in [6.45, 7) is 0.483. The number of rotatable bonds is 8. The van der Waals surface area contributed by atoms with E-state index in [1.807, 2.05) is 18.2 Å². The molecule has 2 aromatic rings. The lowest BCUT2D eigenvalue weighted by Gasteiger charge is -2.04. The summed E-state index contributed by atoms with van der Waals surface area (Å²) < 4.78 is 0. The van der Waals surface area contributed by atoms with Gasteiger partial charge in [0, 0.05) is 24.8 Å². The van der Waals surface area contributed by atoms with Crippen molar-refractivity contribution in [2.24, 2.45) is 0 Å². The van der Waals surface area contributed by atoms with Crippen molar-refractivity contribution in [2.45, 2.75) is 25.7 Å². The number of nitrogens with one attached hydrogen (secondary N) is 1. The normalized spacial score (nSPS) is 10.4. The molecule has 22 heavy (non-hydrogen) atoms. The summed E-state index contributed by atoms with van der Waals surface area (Å²) in [5.74, 6) is -1.00. The van der Waals surface area contributed by atoms with E-state index in [9.17, 15) is 9.59 Å². The van der Waals surface area contributed by atoms with Gasteiger partial charge in [0.1, 0.15) is 0 Å². The minimum absolute atomic E-state index is 0.0194. The first-order valence-corrected chi connectivity index (χ1v) is 8.01. The fourth-order valence-electron chi connectivity index (χ4n) is 2.02. The van der Waals surface area contributed by atoms with Crippen LogP contribution in [0.5, 0.6) is 0 Å². The second kappa shape index (κ2) is 8.29. The van der Waals surface area contributed by atoms with E-state index < -0.39 is 5.97 Å². The van der Waals surface area contributed by atoms with E-state index in [0.717, 1.165) is 17.8 Å². The second-order valence-corrected chi connectivity index (χ2v) is 5.81. The Bertz CT molecular complexity index is 625. The van der Waals surface area contributed by atoms with E-state index in [0.29, 0.717) is 19.4 Å². The number of hydrogen-bond acceptors (Lipinski definition) is 4. The van der Waals surface area contributed by atoms with Crippen LogP contribution >= 0.6 is 11.3 Å². The van der Waals surface area contributed by atoms with Gasteiger partial charge >= 0.3 is 5.97 Å². The average molecular weight is 318 g/mol. The van der Waals surface area contributed by atoms with Crippen molar-refractivity contribution in [1.82, 2.24) is 10.3 Å². The Balaban J connectivity index is 1.62. The van der Waals surface area contributed by atoms with Gasteiger partial charge in [0.05, 0.1) is 5.01 Å². The highest BCUT2D eigenvalue weighted by molar-refractivity contribution is 7.09.